The molecule has 0 aromatic heterocycles. The van der Waals surface area contributed by atoms with Crippen LogP contribution >= 0.6 is 27.5 Å². The fourth-order valence-electron chi connectivity index (χ4n) is 2.14. The van der Waals surface area contributed by atoms with Crippen LogP contribution in [0.25, 0.3) is 0 Å². The average Bonchev–Trinajstić information content (AvgIpc) is 2.47. The van der Waals surface area contributed by atoms with Crippen LogP contribution in [0.2, 0.25) is 5.02 Å². The highest BCUT2D eigenvalue weighted by atomic mass is 79.9. The Labute approximate surface area is 138 Å². The molecule has 1 unspecified atom stereocenters. The number of halogens is 2. The number of nitrogens with one attached hydrogen (secondary N) is 1. The van der Waals surface area contributed by atoms with Gasteiger partial charge in [-0.15, -0.1) is 0 Å². The fourth-order valence-corrected chi connectivity index (χ4v) is 3.00. The van der Waals surface area contributed by atoms with Crippen LogP contribution in [0.5, 0.6) is 0 Å². The maximum absolute atomic E-state index is 12.1. The summed E-state index contributed by atoms with van der Waals surface area (Å²) in [5, 5.41) is 3.48. The van der Waals surface area contributed by atoms with Gasteiger partial charge in [-0.05, 0) is 36.1 Å². The summed E-state index contributed by atoms with van der Waals surface area (Å²) >= 11 is 9.29. The minimum Gasteiger partial charge on any atom is -0.352 e. The van der Waals surface area contributed by atoms with E-state index >= 15 is 0 Å². The van der Waals surface area contributed by atoms with Gasteiger partial charge in [0.1, 0.15) is 0 Å². The summed E-state index contributed by atoms with van der Waals surface area (Å²) in [6.07, 6.45) is 0.900. The van der Waals surface area contributed by atoms with E-state index in [1.165, 1.54) is 5.56 Å². The Bertz CT molecular complexity index is 595. The highest BCUT2D eigenvalue weighted by Gasteiger charge is 2.09. The fraction of sp³-hybridized carbons (Fsp3) is 0.235. The van der Waals surface area contributed by atoms with E-state index in [0.717, 1.165) is 10.9 Å². The lowest BCUT2D eigenvalue weighted by atomic mass is 9.98. The van der Waals surface area contributed by atoms with E-state index in [4.69, 9.17) is 11.6 Å². The SMILES string of the molecule is CC(CCNC(=O)c1cc(Cl)cc(Br)c1)c1ccccc1. The van der Waals surface area contributed by atoms with E-state index < -0.39 is 0 Å². The van der Waals surface area contributed by atoms with Gasteiger partial charge < -0.3 is 5.32 Å². The maximum atomic E-state index is 12.1. The first-order valence-corrected chi connectivity index (χ1v) is 8.02. The minimum absolute atomic E-state index is 0.0986. The molecule has 0 spiro atoms. The zero-order valence-corrected chi connectivity index (χ0v) is 14.1. The number of hydrogen-bond acceptors (Lipinski definition) is 1. The molecule has 1 amide bonds. The molecule has 110 valence electrons. The van der Waals surface area contributed by atoms with Crippen molar-refractivity contribution in [3.63, 3.8) is 0 Å². The molecule has 0 heterocycles. The summed E-state index contributed by atoms with van der Waals surface area (Å²) in [6.45, 7) is 2.80. The van der Waals surface area contributed by atoms with E-state index in [0.29, 0.717) is 23.0 Å². The highest BCUT2D eigenvalue weighted by molar-refractivity contribution is 9.10. The van der Waals surface area contributed by atoms with Crippen LogP contribution in [0.1, 0.15) is 35.2 Å². The monoisotopic (exact) mass is 365 g/mol. The number of amides is 1. The van der Waals surface area contributed by atoms with E-state index in [1.807, 2.05) is 18.2 Å². The van der Waals surface area contributed by atoms with Gasteiger partial charge in [0, 0.05) is 21.6 Å². The van der Waals surface area contributed by atoms with Gasteiger partial charge in [-0.25, -0.2) is 0 Å². The molecule has 1 atom stereocenters. The molecule has 2 rings (SSSR count). The first kappa shape index (κ1) is 16.1. The van der Waals surface area contributed by atoms with Crippen LogP contribution in [-0.2, 0) is 0 Å². The molecular formula is C17H17BrClNO. The summed E-state index contributed by atoms with van der Waals surface area (Å²) in [6, 6.07) is 15.5. The van der Waals surface area contributed by atoms with Crippen LogP contribution in [-0.4, -0.2) is 12.5 Å². The molecular weight excluding hydrogens is 350 g/mol. The Balaban J connectivity index is 1.87. The first-order chi connectivity index (χ1) is 10.1. The molecule has 0 aliphatic heterocycles. The Morgan fingerprint density at radius 1 is 1.24 bits per heavy atom. The zero-order valence-electron chi connectivity index (χ0n) is 11.8. The standard InChI is InChI=1S/C17H17BrClNO/c1-12(13-5-3-2-4-6-13)7-8-20-17(21)14-9-15(18)11-16(19)10-14/h2-6,9-12H,7-8H2,1H3,(H,20,21). The number of rotatable bonds is 5. The van der Waals surface area contributed by atoms with Crippen molar-refractivity contribution in [2.24, 2.45) is 0 Å². The third-order valence-electron chi connectivity index (χ3n) is 3.36. The van der Waals surface area contributed by atoms with Crippen molar-refractivity contribution >= 4 is 33.4 Å². The largest absolute Gasteiger partial charge is 0.352 e. The first-order valence-electron chi connectivity index (χ1n) is 6.85. The van der Waals surface area contributed by atoms with Gasteiger partial charge in [-0.3, -0.25) is 4.79 Å². The average molecular weight is 367 g/mol. The van der Waals surface area contributed by atoms with Gasteiger partial charge in [0.25, 0.3) is 5.91 Å². The molecule has 0 fully saturated rings. The smallest absolute Gasteiger partial charge is 0.251 e. The molecule has 0 radical (unpaired) electrons. The van der Waals surface area contributed by atoms with Crippen LogP contribution in [0.3, 0.4) is 0 Å². The quantitative estimate of drug-likeness (QED) is 0.790. The predicted octanol–water partition coefficient (Wildman–Crippen LogP) is 5.03. The van der Waals surface area contributed by atoms with Crippen LogP contribution in [0.15, 0.2) is 53.0 Å². The topological polar surface area (TPSA) is 29.1 Å². The molecule has 0 saturated carbocycles. The number of hydrogen-bond donors (Lipinski definition) is 1. The number of carbonyl (C=O) groups excluding carboxylic acids is 1. The second kappa shape index (κ2) is 7.62. The van der Waals surface area contributed by atoms with Gasteiger partial charge >= 0.3 is 0 Å². The predicted molar refractivity (Wildman–Crippen MR) is 91.0 cm³/mol. The van der Waals surface area contributed by atoms with Crippen molar-refractivity contribution in [3.8, 4) is 0 Å². The van der Waals surface area contributed by atoms with Crippen LogP contribution in [0, 0.1) is 0 Å². The van der Waals surface area contributed by atoms with E-state index in [1.54, 1.807) is 18.2 Å². The second-order valence-electron chi connectivity index (χ2n) is 5.01. The Morgan fingerprint density at radius 3 is 2.62 bits per heavy atom. The maximum Gasteiger partial charge on any atom is 0.251 e. The van der Waals surface area contributed by atoms with Gasteiger partial charge in [-0.1, -0.05) is 64.8 Å². The summed E-state index contributed by atoms with van der Waals surface area (Å²) < 4.78 is 0.804. The second-order valence-corrected chi connectivity index (χ2v) is 6.37. The normalized spacial score (nSPS) is 12.0. The number of benzene rings is 2. The van der Waals surface area contributed by atoms with Crippen molar-refractivity contribution in [3.05, 3.63) is 69.2 Å². The minimum atomic E-state index is -0.0986. The van der Waals surface area contributed by atoms with Crippen molar-refractivity contribution in [2.45, 2.75) is 19.3 Å². The summed E-state index contributed by atoms with van der Waals surface area (Å²) in [4.78, 5) is 12.1. The molecule has 2 aromatic rings. The molecule has 2 aromatic carbocycles. The molecule has 0 bridgehead atoms. The van der Waals surface area contributed by atoms with E-state index in [2.05, 4.69) is 40.3 Å². The summed E-state index contributed by atoms with van der Waals surface area (Å²) in [5.74, 6) is 0.316. The van der Waals surface area contributed by atoms with Crippen molar-refractivity contribution < 1.29 is 4.79 Å². The lowest BCUT2D eigenvalue weighted by molar-refractivity contribution is 0.0952. The highest BCUT2D eigenvalue weighted by Crippen LogP contribution is 2.20. The molecule has 1 N–H and O–H groups in total. The van der Waals surface area contributed by atoms with Gasteiger partial charge in [0.05, 0.1) is 0 Å². The molecule has 2 nitrogen and oxygen atoms in total. The molecule has 0 saturated heterocycles. The van der Waals surface area contributed by atoms with Crippen molar-refractivity contribution in [1.29, 1.82) is 0 Å². The Kier molecular flexibility index (Phi) is 5.83. The molecule has 4 heteroatoms. The van der Waals surface area contributed by atoms with Crippen LogP contribution < -0.4 is 5.32 Å². The lowest BCUT2D eigenvalue weighted by Crippen LogP contribution is -2.25. The summed E-state index contributed by atoms with van der Waals surface area (Å²) in [5.41, 5.74) is 1.86. The zero-order chi connectivity index (χ0) is 15.2. The van der Waals surface area contributed by atoms with Gasteiger partial charge in [0.15, 0.2) is 0 Å². The lowest BCUT2D eigenvalue weighted by Gasteiger charge is -2.12. The van der Waals surface area contributed by atoms with Crippen molar-refractivity contribution in [2.75, 3.05) is 6.54 Å². The van der Waals surface area contributed by atoms with Crippen LogP contribution in [0.4, 0.5) is 0 Å². The third-order valence-corrected chi connectivity index (χ3v) is 4.03. The summed E-state index contributed by atoms with van der Waals surface area (Å²) in [7, 11) is 0. The van der Waals surface area contributed by atoms with Gasteiger partial charge in [-0.2, -0.15) is 0 Å². The van der Waals surface area contributed by atoms with E-state index in [9.17, 15) is 4.79 Å². The Morgan fingerprint density at radius 2 is 1.95 bits per heavy atom. The molecule has 21 heavy (non-hydrogen) atoms. The van der Waals surface area contributed by atoms with E-state index in [-0.39, 0.29) is 5.91 Å². The third kappa shape index (κ3) is 4.87. The molecule has 0 aliphatic carbocycles. The van der Waals surface area contributed by atoms with Gasteiger partial charge in [0.2, 0.25) is 0 Å². The van der Waals surface area contributed by atoms with Crippen molar-refractivity contribution in [1.82, 2.24) is 5.32 Å². The Hall–Kier alpha value is -1.32. The number of carbonyl (C=O) groups is 1. The molecule has 0 aliphatic rings.